The fourth-order valence-electron chi connectivity index (χ4n) is 3.42. The fraction of sp³-hybridized carbons (Fsp3) is 0.273. The van der Waals surface area contributed by atoms with E-state index in [9.17, 15) is 4.79 Å². The molecule has 0 bridgehead atoms. The van der Waals surface area contributed by atoms with Gasteiger partial charge in [0.15, 0.2) is 17.3 Å². The molecule has 1 aliphatic rings. The topological polar surface area (TPSA) is 76.2 Å². The fourth-order valence-corrected chi connectivity index (χ4v) is 4.61. The minimum atomic E-state index is -0.0459. The minimum absolute atomic E-state index is 0.0259. The molecule has 2 aromatic carbocycles. The van der Waals surface area contributed by atoms with E-state index in [1.807, 2.05) is 37.3 Å². The number of nitrogens with zero attached hydrogens (tertiary/aromatic N) is 1. The van der Waals surface area contributed by atoms with Crippen molar-refractivity contribution in [2.45, 2.75) is 25.7 Å². The molecule has 0 spiro atoms. The van der Waals surface area contributed by atoms with E-state index < -0.39 is 0 Å². The second-order valence-corrected chi connectivity index (χ2v) is 8.07. The third-order valence-electron chi connectivity index (χ3n) is 5.03. The molecular weight excluding hydrogens is 386 g/mol. The first-order valence-electron chi connectivity index (χ1n) is 9.38. The lowest BCUT2D eigenvalue weighted by molar-refractivity contribution is -0.113. The van der Waals surface area contributed by atoms with Crippen molar-refractivity contribution in [2.75, 3.05) is 18.2 Å². The number of aromatic nitrogens is 2. The minimum Gasteiger partial charge on any atom is -0.493 e. The number of hydrogen-bond acceptors (Lipinski definition) is 5. The van der Waals surface area contributed by atoms with Gasteiger partial charge in [-0.25, -0.2) is 0 Å². The summed E-state index contributed by atoms with van der Waals surface area (Å²) in [6.07, 6.45) is 0. The average Bonchev–Trinajstić information content (AvgIpc) is 2.98. The van der Waals surface area contributed by atoms with Gasteiger partial charge in [-0.15, -0.1) is 11.8 Å². The number of amides is 1. The van der Waals surface area contributed by atoms with Crippen molar-refractivity contribution in [1.82, 2.24) is 10.2 Å². The zero-order valence-electron chi connectivity index (χ0n) is 16.6. The van der Waals surface area contributed by atoms with Crippen molar-refractivity contribution in [3.63, 3.8) is 0 Å². The van der Waals surface area contributed by atoms with Crippen LogP contribution in [0.1, 0.15) is 33.2 Å². The molecule has 0 saturated carbocycles. The van der Waals surface area contributed by atoms with Gasteiger partial charge in [-0.05, 0) is 42.7 Å². The molecule has 1 amide bonds. The second kappa shape index (κ2) is 8.21. The summed E-state index contributed by atoms with van der Waals surface area (Å²) >= 11 is 1.58. The number of hydrogen-bond donors (Lipinski definition) is 2. The maximum atomic E-state index is 12.0. The number of carbonyl (C=O) groups excluding carboxylic acids is 1. The lowest BCUT2D eigenvalue weighted by Gasteiger charge is -2.18. The van der Waals surface area contributed by atoms with Gasteiger partial charge in [0.25, 0.3) is 0 Å². The highest BCUT2D eigenvalue weighted by Gasteiger charge is 2.28. The molecule has 0 radical (unpaired) electrons. The maximum Gasteiger partial charge on any atom is 0.235 e. The van der Waals surface area contributed by atoms with Gasteiger partial charge >= 0.3 is 0 Å². The van der Waals surface area contributed by atoms with Gasteiger partial charge in [0.2, 0.25) is 5.91 Å². The molecule has 0 aliphatic carbocycles. The van der Waals surface area contributed by atoms with Crippen molar-refractivity contribution < 1.29 is 14.3 Å². The number of H-pyrrole nitrogens is 1. The molecular formula is C22H23N3O3S. The van der Waals surface area contributed by atoms with E-state index in [0.29, 0.717) is 29.7 Å². The maximum absolute atomic E-state index is 12.0. The van der Waals surface area contributed by atoms with Crippen molar-refractivity contribution in [1.29, 1.82) is 0 Å². The Bertz CT molecular complexity index is 1050. The van der Waals surface area contributed by atoms with E-state index in [-0.39, 0.29) is 11.2 Å². The lowest BCUT2D eigenvalue weighted by Crippen LogP contribution is -2.12. The Balaban J connectivity index is 1.62. The van der Waals surface area contributed by atoms with Gasteiger partial charge in [-0.3, -0.25) is 9.89 Å². The number of ether oxygens (including phenoxy) is 2. The van der Waals surface area contributed by atoms with Gasteiger partial charge in [0, 0.05) is 11.3 Å². The molecule has 29 heavy (non-hydrogen) atoms. The Morgan fingerprint density at radius 3 is 2.79 bits per heavy atom. The largest absolute Gasteiger partial charge is 0.493 e. The van der Waals surface area contributed by atoms with E-state index in [4.69, 9.17) is 9.47 Å². The Morgan fingerprint density at radius 1 is 1.17 bits per heavy atom. The first-order chi connectivity index (χ1) is 14.1. The molecule has 2 heterocycles. The van der Waals surface area contributed by atoms with Crippen LogP contribution in [0.5, 0.6) is 11.5 Å². The van der Waals surface area contributed by atoms with Crippen LogP contribution in [-0.4, -0.2) is 29.0 Å². The number of fused-ring (bicyclic) bond motifs is 1. The van der Waals surface area contributed by atoms with Crippen LogP contribution >= 0.6 is 11.8 Å². The SMILES string of the molecule is COc1cc([C@@H]2SCC(=O)Nc3n[nH]c(C)c32)ccc1OCc1ccccc1C. The average molecular weight is 410 g/mol. The molecule has 4 rings (SSSR count). The van der Waals surface area contributed by atoms with Crippen LogP contribution in [0.2, 0.25) is 0 Å². The quantitative estimate of drug-likeness (QED) is 0.654. The van der Waals surface area contributed by atoms with E-state index in [1.165, 1.54) is 5.56 Å². The Labute approximate surface area is 174 Å². The summed E-state index contributed by atoms with van der Waals surface area (Å²) in [4.78, 5) is 12.0. The van der Waals surface area contributed by atoms with Crippen molar-refractivity contribution >= 4 is 23.5 Å². The predicted molar refractivity (Wildman–Crippen MR) is 115 cm³/mol. The summed E-state index contributed by atoms with van der Waals surface area (Å²) in [5.74, 6) is 2.28. The lowest BCUT2D eigenvalue weighted by atomic mass is 10.0. The molecule has 1 aromatic heterocycles. The van der Waals surface area contributed by atoms with Crippen LogP contribution in [0.4, 0.5) is 5.82 Å². The van der Waals surface area contributed by atoms with E-state index in [0.717, 1.165) is 22.4 Å². The molecule has 0 fully saturated rings. The first-order valence-corrected chi connectivity index (χ1v) is 10.4. The molecule has 0 saturated heterocycles. The molecule has 6 nitrogen and oxygen atoms in total. The second-order valence-electron chi connectivity index (χ2n) is 6.98. The summed E-state index contributed by atoms with van der Waals surface area (Å²) in [6, 6.07) is 14.1. The molecule has 7 heteroatoms. The highest BCUT2D eigenvalue weighted by Crippen LogP contribution is 2.44. The number of thioether (sulfide) groups is 1. The van der Waals surface area contributed by atoms with Crippen LogP contribution < -0.4 is 14.8 Å². The molecule has 1 aliphatic heterocycles. The smallest absolute Gasteiger partial charge is 0.235 e. The van der Waals surface area contributed by atoms with Crippen LogP contribution in [0, 0.1) is 13.8 Å². The number of aromatic amines is 1. The van der Waals surface area contributed by atoms with Crippen LogP contribution in [0.3, 0.4) is 0 Å². The van der Waals surface area contributed by atoms with Crippen LogP contribution in [-0.2, 0) is 11.4 Å². The third-order valence-corrected chi connectivity index (χ3v) is 6.30. The summed E-state index contributed by atoms with van der Waals surface area (Å²) in [7, 11) is 1.64. The molecule has 2 N–H and O–H groups in total. The van der Waals surface area contributed by atoms with Crippen LogP contribution in [0.25, 0.3) is 0 Å². The van der Waals surface area contributed by atoms with Crippen LogP contribution in [0.15, 0.2) is 42.5 Å². The van der Waals surface area contributed by atoms with E-state index in [1.54, 1.807) is 18.9 Å². The van der Waals surface area contributed by atoms with E-state index in [2.05, 4.69) is 34.6 Å². The Hall–Kier alpha value is -2.93. The molecule has 150 valence electrons. The number of rotatable bonds is 5. The highest BCUT2D eigenvalue weighted by molar-refractivity contribution is 8.00. The number of nitrogens with one attached hydrogen (secondary N) is 2. The van der Waals surface area contributed by atoms with Gasteiger partial charge < -0.3 is 14.8 Å². The number of carbonyl (C=O) groups is 1. The summed E-state index contributed by atoms with van der Waals surface area (Å²) in [5, 5.41) is 10.1. The highest BCUT2D eigenvalue weighted by atomic mass is 32.2. The summed E-state index contributed by atoms with van der Waals surface area (Å²) < 4.78 is 11.6. The van der Waals surface area contributed by atoms with E-state index >= 15 is 0 Å². The zero-order chi connectivity index (χ0) is 20.4. The molecule has 3 aromatic rings. The van der Waals surface area contributed by atoms with Crippen molar-refractivity contribution in [3.8, 4) is 11.5 Å². The van der Waals surface area contributed by atoms with Crippen molar-refractivity contribution in [3.05, 3.63) is 70.4 Å². The number of anilines is 1. The van der Waals surface area contributed by atoms with Gasteiger partial charge in [0.1, 0.15) is 6.61 Å². The molecule has 0 unspecified atom stereocenters. The molecule has 1 atom stereocenters. The number of benzene rings is 2. The monoisotopic (exact) mass is 409 g/mol. The van der Waals surface area contributed by atoms with Gasteiger partial charge in [-0.2, -0.15) is 5.10 Å². The normalized spacial score (nSPS) is 16.0. The van der Waals surface area contributed by atoms with Gasteiger partial charge in [0.05, 0.1) is 18.1 Å². The summed E-state index contributed by atoms with van der Waals surface area (Å²) in [6.45, 7) is 4.51. The third kappa shape index (κ3) is 3.96. The predicted octanol–water partition coefficient (Wildman–Crippen LogP) is 4.39. The Kier molecular flexibility index (Phi) is 5.49. The Morgan fingerprint density at radius 2 is 2.00 bits per heavy atom. The number of methoxy groups -OCH3 is 1. The standard InChI is InChI=1S/C22H23N3O3S/c1-13-6-4-5-7-16(13)11-28-17-9-8-15(10-18(17)27-3)21-20-14(2)24-25-22(20)23-19(26)12-29-21/h4-10,21H,11-12H2,1-3H3,(H2,23,24,25,26)/t21-/m0/s1. The first kappa shape index (κ1) is 19.4. The zero-order valence-corrected chi connectivity index (χ0v) is 17.4. The summed E-state index contributed by atoms with van der Waals surface area (Å²) in [5.41, 5.74) is 5.31. The van der Waals surface area contributed by atoms with Crippen molar-refractivity contribution in [2.24, 2.45) is 0 Å². The van der Waals surface area contributed by atoms with Gasteiger partial charge in [-0.1, -0.05) is 30.3 Å². The number of aryl methyl sites for hydroxylation is 2.